The molecule has 3 rings (SSSR count). The van der Waals surface area contributed by atoms with Gasteiger partial charge in [-0.2, -0.15) is 10.00 Å². The van der Waals surface area contributed by atoms with E-state index in [4.69, 9.17) is 14.2 Å². The number of methoxy groups -OCH3 is 1. The van der Waals surface area contributed by atoms with Gasteiger partial charge in [0.25, 0.3) is 0 Å². The summed E-state index contributed by atoms with van der Waals surface area (Å²) in [7, 11) is 1.27. The molecule has 0 bridgehead atoms. The van der Waals surface area contributed by atoms with Gasteiger partial charge >= 0.3 is 18.2 Å². The zero-order valence-electron chi connectivity index (χ0n) is 20.4. The van der Waals surface area contributed by atoms with Crippen molar-refractivity contribution in [3.8, 4) is 5.69 Å². The molecule has 0 N–H and O–H groups in total. The molecule has 0 saturated carbocycles. The predicted molar refractivity (Wildman–Crippen MR) is 127 cm³/mol. The average molecular weight is 468 g/mol. The minimum atomic E-state index is -0.941. The molecule has 0 unspecified atom stereocenters. The van der Waals surface area contributed by atoms with E-state index >= 15 is 0 Å². The summed E-state index contributed by atoms with van der Waals surface area (Å²) in [6.07, 6.45) is -1.88. The number of nitrogens with zero attached hydrogens (tertiary/aromatic N) is 3. The Morgan fingerprint density at radius 2 is 1.41 bits per heavy atom. The Kier molecular flexibility index (Phi) is 6.67. The number of amides is 2. The minimum absolute atomic E-state index is 0.0791. The molecule has 1 aromatic heterocycles. The van der Waals surface area contributed by atoms with Crippen molar-refractivity contribution < 1.29 is 28.6 Å². The number of benzene rings is 2. The van der Waals surface area contributed by atoms with E-state index < -0.39 is 29.4 Å². The van der Waals surface area contributed by atoms with Crippen molar-refractivity contribution >= 4 is 34.9 Å². The van der Waals surface area contributed by atoms with Crippen molar-refractivity contribution in [3.63, 3.8) is 0 Å². The van der Waals surface area contributed by atoms with E-state index in [1.165, 1.54) is 17.9 Å². The van der Waals surface area contributed by atoms with E-state index in [1.54, 1.807) is 77.9 Å². The van der Waals surface area contributed by atoms with Gasteiger partial charge in [-0.3, -0.25) is 0 Å². The monoisotopic (exact) mass is 467 g/mol. The van der Waals surface area contributed by atoms with Crippen LogP contribution in [0.4, 0.5) is 15.4 Å². The second kappa shape index (κ2) is 9.17. The first-order valence-corrected chi connectivity index (χ1v) is 10.7. The van der Waals surface area contributed by atoms with Crippen LogP contribution in [0.5, 0.6) is 0 Å². The van der Waals surface area contributed by atoms with E-state index in [0.717, 1.165) is 4.90 Å². The van der Waals surface area contributed by atoms with Crippen molar-refractivity contribution in [2.45, 2.75) is 52.7 Å². The highest BCUT2D eigenvalue weighted by molar-refractivity contribution is 6.14. The highest BCUT2D eigenvalue weighted by atomic mass is 16.6. The third kappa shape index (κ3) is 5.54. The van der Waals surface area contributed by atoms with Gasteiger partial charge in [-0.1, -0.05) is 18.2 Å². The average Bonchev–Trinajstić information content (AvgIpc) is 3.10. The van der Waals surface area contributed by atoms with Gasteiger partial charge in [0.15, 0.2) is 5.82 Å². The zero-order valence-corrected chi connectivity index (χ0v) is 20.4. The van der Waals surface area contributed by atoms with Crippen LogP contribution in [-0.4, -0.2) is 46.2 Å². The van der Waals surface area contributed by atoms with Crippen LogP contribution in [0.1, 0.15) is 51.9 Å². The molecule has 0 atom stereocenters. The van der Waals surface area contributed by atoms with Crippen LogP contribution in [0, 0.1) is 0 Å². The first kappa shape index (κ1) is 24.8. The lowest BCUT2D eigenvalue weighted by atomic mass is 10.1. The molecular formula is C25H29N3O6. The number of rotatable bonds is 3. The molecule has 0 fully saturated rings. The normalized spacial score (nSPS) is 11.7. The lowest BCUT2D eigenvalue weighted by molar-refractivity contribution is 0.0427. The summed E-state index contributed by atoms with van der Waals surface area (Å²) in [5.74, 6) is -0.489. The molecule has 3 aromatic rings. The molecule has 0 aliphatic carbocycles. The Morgan fingerprint density at radius 1 is 0.853 bits per heavy atom. The number of fused-ring (bicyclic) bond motifs is 1. The number of aromatic nitrogens is 2. The first-order valence-electron chi connectivity index (χ1n) is 10.7. The van der Waals surface area contributed by atoms with E-state index in [1.807, 2.05) is 6.07 Å². The predicted octanol–water partition coefficient (Wildman–Crippen LogP) is 5.49. The van der Waals surface area contributed by atoms with E-state index in [0.29, 0.717) is 16.6 Å². The Labute approximate surface area is 198 Å². The smallest absolute Gasteiger partial charge is 0.425 e. The highest BCUT2D eigenvalue weighted by Crippen LogP contribution is 2.33. The Bertz CT molecular complexity index is 1190. The molecule has 0 spiro atoms. The summed E-state index contributed by atoms with van der Waals surface area (Å²) >= 11 is 0. The summed E-state index contributed by atoms with van der Waals surface area (Å²) in [5.41, 5.74) is -0.504. The zero-order chi connectivity index (χ0) is 25.3. The Morgan fingerprint density at radius 3 is 1.91 bits per heavy atom. The van der Waals surface area contributed by atoms with Gasteiger partial charge in [-0.15, -0.1) is 0 Å². The maximum absolute atomic E-state index is 13.4. The summed E-state index contributed by atoms with van der Waals surface area (Å²) in [4.78, 5) is 39.7. The Balaban J connectivity index is 2.33. The van der Waals surface area contributed by atoms with Crippen LogP contribution >= 0.6 is 0 Å². The molecule has 0 radical (unpaired) electrons. The van der Waals surface area contributed by atoms with Gasteiger partial charge in [-0.05, 0) is 71.9 Å². The third-order valence-electron chi connectivity index (χ3n) is 4.43. The van der Waals surface area contributed by atoms with Crippen molar-refractivity contribution in [2.24, 2.45) is 0 Å². The molecule has 2 aromatic carbocycles. The summed E-state index contributed by atoms with van der Waals surface area (Å²) in [5, 5.41) is 4.96. The van der Waals surface area contributed by atoms with Gasteiger partial charge in [0.1, 0.15) is 11.2 Å². The molecule has 0 saturated heterocycles. The number of anilines is 1. The van der Waals surface area contributed by atoms with Gasteiger partial charge in [0.2, 0.25) is 0 Å². The first-order chi connectivity index (χ1) is 15.8. The lowest BCUT2D eigenvalue weighted by Gasteiger charge is -2.29. The quantitative estimate of drug-likeness (QED) is 0.371. The number of para-hydroxylation sites is 1. The third-order valence-corrected chi connectivity index (χ3v) is 4.43. The van der Waals surface area contributed by atoms with Crippen LogP contribution in [0.3, 0.4) is 0 Å². The number of esters is 1. The minimum Gasteiger partial charge on any atom is -0.465 e. The molecule has 9 nitrogen and oxygen atoms in total. The highest BCUT2D eigenvalue weighted by Gasteiger charge is 2.37. The fourth-order valence-corrected chi connectivity index (χ4v) is 3.14. The van der Waals surface area contributed by atoms with Crippen molar-refractivity contribution in [2.75, 3.05) is 12.0 Å². The molecule has 180 valence electrons. The van der Waals surface area contributed by atoms with E-state index in [2.05, 4.69) is 5.10 Å². The van der Waals surface area contributed by atoms with Crippen molar-refractivity contribution in [1.82, 2.24) is 9.78 Å². The second-order valence-corrected chi connectivity index (χ2v) is 9.59. The summed E-state index contributed by atoms with van der Waals surface area (Å²) in [6.45, 7) is 10.2. The van der Waals surface area contributed by atoms with Gasteiger partial charge in [0, 0.05) is 5.39 Å². The van der Waals surface area contributed by atoms with Crippen LogP contribution in [0.2, 0.25) is 0 Å². The standard InChI is InChI=1S/C25H29N3O6/c1-24(2,3)33-22(30)27(23(31)34-25(4,5)6)20-18-15-16(21(29)32-7)13-14-19(18)26-28(20)17-11-9-8-10-12-17/h8-15H,1-7H3. The lowest BCUT2D eigenvalue weighted by Crippen LogP contribution is -2.44. The largest absolute Gasteiger partial charge is 0.465 e. The van der Waals surface area contributed by atoms with E-state index in [-0.39, 0.29) is 11.4 Å². The molecule has 2 amide bonds. The Hall–Kier alpha value is -3.88. The fourth-order valence-electron chi connectivity index (χ4n) is 3.14. The molecular weight excluding hydrogens is 438 g/mol. The van der Waals surface area contributed by atoms with Gasteiger partial charge in [-0.25, -0.2) is 19.1 Å². The summed E-state index contributed by atoms with van der Waals surface area (Å²) in [6, 6.07) is 13.7. The maximum atomic E-state index is 13.4. The number of imide groups is 1. The fraction of sp³-hybridized carbons (Fsp3) is 0.360. The summed E-state index contributed by atoms with van der Waals surface area (Å²) < 4.78 is 17.4. The number of carbonyl (C=O) groups is 3. The molecule has 1 heterocycles. The molecule has 0 aliphatic rings. The number of hydrogen-bond donors (Lipinski definition) is 0. The van der Waals surface area contributed by atoms with Gasteiger partial charge < -0.3 is 14.2 Å². The van der Waals surface area contributed by atoms with Crippen LogP contribution < -0.4 is 4.90 Å². The van der Waals surface area contributed by atoms with Crippen molar-refractivity contribution in [1.29, 1.82) is 0 Å². The van der Waals surface area contributed by atoms with Crippen LogP contribution in [0.25, 0.3) is 16.6 Å². The number of hydrogen-bond acceptors (Lipinski definition) is 7. The van der Waals surface area contributed by atoms with Crippen molar-refractivity contribution in [3.05, 3.63) is 54.1 Å². The molecule has 9 heteroatoms. The second-order valence-electron chi connectivity index (χ2n) is 9.59. The van der Waals surface area contributed by atoms with Gasteiger partial charge in [0.05, 0.1) is 23.9 Å². The number of carbonyl (C=O) groups excluding carboxylic acids is 3. The molecule has 0 aliphatic heterocycles. The topological polar surface area (TPSA) is 100.0 Å². The van der Waals surface area contributed by atoms with E-state index in [9.17, 15) is 14.4 Å². The van der Waals surface area contributed by atoms with Crippen LogP contribution in [-0.2, 0) is 14.2 Å². The van der Waals surface area contributed by atoms with Crippen LogP contribution in [0.15, 0.2) is 48.5 Å². The number of ether oxygens (including phenoxy) is 3. The molecule has 34 heavy (non-hydrogen) atoms. The maximum Gasteiger partial charge on any atom is 0.425 e. The SMILES string of the molecule is COC(=O)c1ccc2nn(-c3ccccc3)c(N(C(=O)OC(C)(C)C)C(=O)OC(C)(C)C)c2c1.